The molecule has 0 radical (unpaired) electrons. The standard InChI is InChI=1S/C30H38F3N3O4/c31-26-8-3-7-24(25(26)19-40-23-12-16-39-18-23)27(29(37)38)36-15-11-21(17-36)30(32,33)13-2-1-6-22-10-9-20-5-4-14-34-28(20)35-22/h3,7-10,21,23,27H,1-2,4-6,11-19H2,(H,34,35)(H,37,38)/t21-,23+,27?/m1/s1. The Kier molecular flexibility index (Phi) is 9.27. The van der Waals surface area contributed by atoms with Crippen molar-refractivity contribution in [2.75, 3.05) is 38.2 Å². The SMILES string of the molecule is O=C(O)C(c1cccc(F)c1CO[C@H]1CCOC1)N1CC[C@@H](C(F)(F)CCCCc2ccc3c(n2)NCCC3)C1. The number of unbranched alkanes of at least 4 members (excludes halogenated alkanes) is 1. The summed E-state index contributed by atoms with van der Waals surface area (Å²) >= 11 is 0. The third kappa shape index (κ3) is 6.78. The molecule has 2 saturated heterocycles. The molecule has 0 amide bonds. The van der Waals surface area contributed by atoms with E-state index < -0.39 is 29.7 Å². The molecule has 40 heavy (non-hydrogen) atoms. The van der Waals surface area contributed by atoms with Crippen molar-refractivity contribution in [1.82, 2.24) is 9.88 Å². The van der Waals surface area contributed by atoms with Gasteiger partial charge in [-0.25, -0.2) is 18.2 Å². The molecule has 0 aliphatic carbocycles. The van der Waals surface area contributed by atoms with Crippen LogP contribution in [0.4, 0.5) is 19.0 Å². The molecule has 0 bridgehead atoms. The van der Waals surface area contributed by atoms with Gasteiger partial charge in [-0.1, -0.05) is 18.2 Å². The summed E-state index contributed by atoms with van der Waals surface area (Å²) in [5.41, 5.74) is 2.52. The maximum absolute atomic E-state index is 15.3. The number of alkyl halides is 2. The number of aromatic nitrogens is 1. The highest BCUT2D eigenvalue weighted by Crippen LogP contribution is 2.40. The number of rotatable bonds is 12. The number of carbonyl (C=O) groups is 1. The molecule has 0 saturated carbocycles. The van der Waals surface area contributed by atoms with Gasteiger partial charge in [-0.05, 0) is 74.8 Å². The molecule has 5 rings (SSSR count). The number of nitrogens with zero attached hydrogens (tertiary/aromatic N) is 2. The van der Waals surface area contributed by atoms with Gasteiger partial charge in [0.1, 0.15) is 17.7 Å². The molecule has 2 aromatic rings. The van der Waals surface area contributed by atoms with Gasteiger partial charge in [0, 0.05) is 43.3 Å². The van der Waals surface area contributed by atoms with E-state index in [1.165, 1.54) is 17.7 Å². The number of anilines is 1. The van der Waals surface area contributed by atoms with Crippen molar-refractivity contribution >= 4 is 11.8 Å². The Labute approximate surface area is 233 Å². The second-order valence-corrected chi connectivity index (χ2v) is 11.1. The normalized spacial score (nSPS) is 22.2. The highest BCUT2D eigenvalue weighted by atomic mass is 19.3. The maximum atomic E-state index is 15.3. The van der Waals surface area contributed by atoms with Crippen molar-refractivity contribution in [3.8, 4) is 0 Å². The fraction of sp³-hybridized carbons (Fsp3) is 0.600. The molecule has 1 aromatic carbocycles. The summed E-state index contributed by atoms with van der Waals surface area (Å²) in [5.74, 6) is -4.71. The number of aryl methyl sites for hydroxylation is 2. The zero-order valence-corrected chi connectivity index (χ0v) is 22.7. The first-order valence-electron chi connectivity index (χ1n) is 14.4. The van der Waals surface area contributed by atoms with E-state index in [9.17, 15) is 14.3 Å². The van der Waals surface area contributed by atoms with Crippen LogP contribution in [0.2, 0.25) is 0 Å². The third-order valence-electron chi connectivity index (χ3n) is 8.36. The van der Waals surface area contributed by atoms with Crippen molar-refractivity contribution < 1.29 is 32.5 Å². The van der Waals surface area contributed by atoms with E-state index in [1.54, 1.807) is 11.0 Å². The van der Waals surface area contributed by atoms with Crippen molar-refractivity contribution in [2.24, 2.45) is 5.92 Å². The Morgan fingerprint density at radius 1 is 1.25 bits per heavy atom. The molecule has 4 heterocycles. The van der Waals surface area contributed by atoms with Gasteiger partial charge in [-0.2, -0.15) is 0 Å². The molecule has 1 aromatic heterocycles. The number of halogens is 3. The molecule has 1 unspecified atom stereocenters. The largest absolute Gasteiger partial charge is 0.480 e. The zero-order valence-electron chi connectivity index (χ0n) is 22.7. The van der Waals surface area contributed by atoms with E-state index in [1.807, 2.05) is 6.07 Å². The van der Waals surface area contributed by atoms with Crippen molar-refractivity contribution in [2.45, 2.75) is 76.0 Å². The Bertz CT molecular complexity index is 1170. The monoisotopic (exact) mass is 561 g/mol. The van der Waals surface area contributed by atoms with E-state index in [2.05, 4.69) is 16.4 Å². The van der Waals surface area contributed by atoms with Crippen molar-refractivity contribution in [3.63, 3.8) is 0 Å². The minimum absolute atomic E-state index is 0.0602. The number of pyridine rings is 1. The number of carboxylic acid groups (broad SMARTS) is 1. The second kappa shape index (κ2) is 12.9. The number of carboxylic acids is 1. The molecule has 0 spiro atoms. The first kappa shape index (κ1) is 28.8. The van der Waals surface area contributed by atoms with Crippen LogP contribution in [0.15, 0.2) is 30.3 Å². The van der Waals surface area contributed by atoms with Gasteiger partial charge in [0.15, 0.2) is 0 Å². The summed E-state index contributed by atoms with van der Waals surface area (Å²) in [6.07, 6.45) is 4.14. The van der Waals surface area contributed by atoms with Crippen LogP contribution in [0.3, 0.4) is 0 Å². The van der Waals surface area contributed by atoms with Gasteiger partial charge in [0.2, 0.25) is 0 Å². The molecule has 2 N–H and O–H groups in total. The predicted molar refractivity (Wildman–Crippen MR) is 144 cm³/mol. The number of fused-ring (bicyclic) bond motifs is 1. The van der Waals surface area contributed by atoms with Gasteiger partial charge in [0.25, 0.3) is 5.92 Å². The van der Waals surface area contributed by atoms with Crippen LogP contribution < -0.4 is 5.32 Å². The number of benzene rings is 1. The highest BCUT2D eigenvalue weighted by molar-refractivity contribution is 5.76. The van der Waals surface area contributed by atoms with Crippen LogP contribution in [0.25, 0.3) is 0 Å². The summed E-state index contributed by atoms with van der Waals surface area (Å²) in [7, 11) is 0. The molecule has 10 heteroatoms. The first-order chi connectivity index (χ1) is 19.3. The van der Waals surface area contributed by atoms with E-state index in [-0.39, 0.29) is 49.8 Å². The lowest BCUT2D eigenvalue weighted by molar-refractivity contribution is -0.143. The predicted octanol–water partition coefficient (Wildman–Crippen LogP) is 5.38. The maximum Gasteiger partial charge on any atom is 0.325 e. The number of ether oxygens (including phenoxy) is 2. The van der Waals surface area contributed by atoms with Crippen LogP contribution in [0.1, 0.15) is 67.0 Å². The minimum Gasteiger partial charge on any atom is -0.480 e. The van der Waals surface area contributed by atoms with Gasteiger partial charge in [-0.15, -0.1) is 0 Å². The molecule has 3 atom stereocenters. The molecular formula is C30H38F3N3O4. The first-order valence-corrected chi connectivity index (χ1v) is 14.4. The summed E-state index contributed by atoms with van der Waals surface area (Å²) in [6.45, 7) is 1.93. The number of likely N-dealkylation sites (tertiary alicyclic amines) is 1. The second-order valence-electron chi connectivity index (χ2n) is 11.1. The zero-order chi connectivity index (χ0) is 28.1. The van der Waals surface area contributed by atoms with Crippen molar-refractivity contribution in [3.05, 3.63) is 58.5 Å². The Morgan fingerprint density at radius 2 is 2.12 bits per heavy atom. The van der Waals surface area contributed by atoms with Gasteiger partial charge in [-0.3, -0.25) is 9.69 Å². The number of nitrogens with one attached hydrogen (secondary N) is 1. The van der Waals surface area contributed by atoms with Crippen LogP contribution >= 0.6 is 0 Å². The molecule has 7 nitrogen and oxygen atoms in total. The molecule has 2 fully saturated rings. The van der Waals surface area contributed by atoms with E-state index in [0.29, 0.717) is 38.9 Å². The van der Waals surface area contributed by atoms with Gasteiger partial charge < -0.3 is 19.9 Å². The topological polar surface area (TPSA) is 83.9 Å². The summed E-state index contributed by atoms with van der Waals surface area (Å²) in [5, 5.41) is 13.4. The van der Waals surface area contributed by atoms with Crippen LogP contribution in [-0.4, -0.2) is 65.8 Å². The molecular weight excluding hydrogens is 523 g/mol. The summed E-state index contributed by atoms with van der Waals surface area (Å²) in [4.78, 5) is 18.6. The quantitative estimate of drug-likeness (QED) is 0.337. The fourth-order valence-corrected chi connectivity index (χ4v) is 6.06. The lowest BCUT2D eigenvalue weighted by atomic mass is 9.94. The average Bonchev–Trinajstić information content (AvgIpc) is 3.64. The smallest absolute Gasteiger partial charge is 0.325 e. The Hall–Kier alpha value is -2.69. The van der Waals surface area contributed by atoms with E-state index >= 15 is 8.78 Å². The summed E-state index contributed by atoms with van der Waals surface area (Å²) in [6, 6.07) is 7.11. The average molecular weight is 562 g/mol. The minimum atomic E-state index is -2.92. The molecule has 3 aliphatic rings. The van der Waals surface area contributed by atoms with E-state index in [4.69, 9.17) is 9.47 Å². The van der Waals surface area contributed by atoms with Crippen LogP contribution in [0.5, 0.6) is 0 Å². The Balaban J connectivity index is 1.17. The van der Waals surface area contributed by atoms with Gasteiger partial charge in [0.05, 0.1) is 19.3 Å². The van der Waals surface area contributed by atoms with Crippen LogP contribution in [0, 0.1) is 11.7 Å². The lowest BCUT2D eigenvalue weighted by Crippen LogP contribution is -2.36. The molecule has 218 valence electrons. The highest BCUT2D eigenvalue weighted by Gasteiger charge is 2.45. The number of aliphatic carboxylic acids is 1. The molecule has 3 aliphatic heterocycles. The number of hydrogen-bond acceptors (Lipinski definition) is 6. The van der Waals surface area contributed by atoms with E-state index in [0.717, 1.165) is 30.9 Å². The van der Waals surface area contributed by atoms with Gasteiger partial charge >= 0.3 is 5.97 Å². The lowest BCUT2D eigenvalue weighted by Gasteiger charge is -2.28. The fourth-order valence-electron chi connectivity index (χ4n) is 6.06. The Morgan fingerprint density at radius 3 is 2.92 bits per heavy atom. The summed E-state index contributed by atoms with van der Waals surface area (Å²) < 4.78 is 56.4. The number of hydrogen-bond donors (Lipinski definition) is 2. The third-order valence-corrected chi connectivity index (χ3v) is 8.36. The van der Waals surface area contributed by atoms with Crippen LogP contribution in [-0.2, 0) is 33.7 Å². The van der Waals surface area contributed by atoms with Crippen molar-refractivity contribution in [1.29, 1.82) is 0 Å².